The topological polar surface area (TPSA) is 199 Å². The van der Waals surface area contributed by atoms with Crippen molar-refractivity contribution >= 4 is 126 Å². The summed E-state index contributed by atoms with van der Waals surface area (Å²) in [5, 5.41) is 29.0. The zero-order valence-corrected chi connectivity index (χ0v) is 85.8. The molecule has 5 aromatic carbocycles. The molecule has 6 bridgehead atoms. The number of benzene rings is 5. The number of rotatable bonds is 15. The molecule has 0 spiro atoms. The number of halogens is 5. The normalized spacial score (nSPS) is 28.5. The van der Waals surface area contributed by atoms with E-state index in [1.807, 2.05) is 152 Å². The molecule has 13 atom stereocenters. The number of hydrogen-bond donors (Lipinski definition) is 4. The van der Waals surface area contributed by atoms with Gasteiger partial charge in [0.2, 0.25) is 0 Å². The molecule has 19 rings (SSSR count). The van der Waals surface area contributed by atoms with Gasteiger partial charge in [-0.05, 0) is 342 Å². The van der Waals surface area contributed by atoms with Crippen LogP contribution in [0.3, 0.4) is 0 Å². The second kappa shape index (κ2) is 50.2. The fraction of sp³-hybridized carbons (Fsp3) is 0.688. The molecule has 0 radical (unpaired) electrons. The number of aliphatic hydroxyl groups is 3. The number of aliphatic hydroxyl groups excluding tert-OH is 2. The maximum Gasteiger partial charge on any atom is 1.00 e. The predicted molar refractivity (Wildman–Crippen MR) is 549 cm³/mol. The van der Waals surface area contributed by atoms with Gasteiger partial charge in [-0.15, -0.1) is 11.6 Å². The summed E-state index contributed by atoms with van der Waals surface area (Å²) in [6, 6.07) is 39.5. The molecule has 14 fully saturated rings. The Kier molecular flexibility index (Phi) is 48.0. The Bertz CT molecular complexity index is 3880. The van der Waals surface area contributed by atoms with E-state index < -0.39 is 25.7 Å². The molecule has 31 heteroatoms. The minimum Gasteiger partial charge on any atom is -1.00 e. The number of ether oxygens (including phenoxy) is 5. The standard InChI is InChI=1S/C19H26BClO3.C18H25BO3.C14H21BO3.C12H24B2O4.C10H18O2.C8H9BrO.C8H10O2.CH4S.6CH4.Br3P.Li.H/c1-18(2)13-10-15(18)19(3)16(11-13)23-20(24-19)17(21)9-12-5-7-14(22-4)8-6-12;1-17(2)13-9-15(17)18(3)16(10-13)21-19(22-18)11-12-5-7-14(20-4)8-6-12;1-13(2)14(3,4)18-15(17-13)10-11-6-8-12(16-5)9-7-11;1-9(2)10(3,4)16-13(15-9)14-17-11(5,6)12(7,8)18-14;1-9(2)6-4-7(9)10(3,12)8(11)5-6;2*1-10-8-4-2-7(6-9)3-5-8;1-2;;;;;;;1-4(2)3;;/h5-8,13,15-17H,9-11H2,1-4H3;5-8,13,15-16H,9-11H2,1-4H3;6-9H,10H2,1-5H3;1-8H3;6-8,11-12H,4-5H2,1-3H3;2-5H,6H2,1H3;2-5,9H,6H2,1H3;2H,1H3;6*1H4;;;/q;;;;;;;;;;;;;;;+1;-1/t13-,15-,16+,17-,19-;13-,15-,16+,18-;;;6-,7-,8+,10-;;;;;;;;;;;;/m00..0............/s1/i;;;;;;;1D;;;;;;;;;. The fourth-order valence-corrected chi connectivity index (χ4v) is 19.4. The molecule has 0 amide bonds. The van der Waals surface area contributed by atoms with Gasteiger partial charge in [-0.2, -0.15) is 12.6 Å². The van der Waals surface area contributed by atoms with Crippen molar-refractivity contribution in [2.75, 3.05) is 41.8 Å². The van der Waals surface area contributed by atoms with Crippen LogP contribution in [0.4, 0.5) is 0 Å². The van der Waals surface area contributed by atoms with Gasteiger partial charge in [0.25, 0.3) is 0 Å². The average Bonchev–Trinajstić information content (AvgIpc) is 1.62. The van der Waals surface area contributed by atoms with Crippen LogP contribution >= 0.6 is 90.7 Å². The Labute approximate surface area is 831 Å². The van der Waals surface area contributed by atoms with E-state index in [9.17, 15) is 10.2 Å². The second-order valence-electron chi connectivity index (χ2n) is 38.8. The van der Waals surface area contributed by atoms with Crippen LogP contribution in [0.5, 0.6) is 28.7 Å². The molecule has 9 aliphatic carbocycles. The largest absolute Gasteiger partial charge is 1.00 e. The molecule has 5 aliphatic heterocycles. The first kappa shape index (κ1) is 122. The summed E-state index contributed by atoms with van der Waals surface area (Å²) >= 11 is 23.0. The van der Waals surface area contributed by atoms with Gasteiger partial charge in [0, 0.05) is 19.3 Å². The van der Waals surface area contributed by atoms with Gasteiger partial charge < -0.3 is 87.0 Å². The summed E-state index contributed by atoms with van der Waals surface area (Å²) in [5.74, 6) is 8.02. The van der Waals surface area contributed by atoms with Crippen LogP contribution in [-0.2, 0) is 77.5 Å². The van der Waals surface area contributed by atoms with Gasteiger partial charge >= 0.3 is 54.2 Å². The molecule has 127 heavy (non-hydrogen) atoms. The number of alkyl halides is 2. The molecule has 14 aliphatic rings. The first-order chi connectivity index (χ1) is 56.2. The second-order valence-corrected chi connectivity index (χ2v) is 55.3. The Morgan fingerprint density at radius 3 is 1.01 bits per heavy atom. The van der Waals surface area contributed by atoms with E-state index in [1.165, 1.54) is 35.1 Å². The SMILES string of the molecule is BrP(Br)Br.C.C.C.C.C.C.CC1(C)OB(B2OC(C)(C)C(C)(C)O2)OC1(C)C.CC1(C)[C@@H]2C[C@@H](O)[C@@](C)(O)[C@H]1C2.COc1ccc(CB2OC(C)(C)C(C)(C)O2)cc1.COc1ccc(CB2O[C@@H]3C[C@@H]4C[C@@H](C4(C)C)[C@]3(C)O2)cc1.COc1ccc(CBr)cc1.COc1ccc(CO)cc1.COc1ccc(C[C@H](Cl)B2O[C@@H]3C[C@@H]4C[C@@H](C4(C)C)[C@]3(C)O2)cc1.[2H]CS.[H-].[Li+]. The van der Waals surface area contributed by atoms with Crippen molar-refractivity contribution in [1.82, 2.24) is 0 Å². The van der Waals surface area contributed by atoms with E-state index in [2.05, 4.69) is 182 Å². The van der Waals surface area contributed by atoms with Crippen molar-refractivity contribution < 1.29 is 107 Å². The molecule has 0 aromatic heterocycles. The predicted octanol–water partition coefficient (Wildman–Crippen LogP) is 22.6. The summed E-state index contributed by atoms with van der Waals surface area (Å²) < 4.78 is 92.6. The van der Waals surface area contributed by atoms with Crippen molar-refractivity contribution in [1.29, 1.82) is 0 Å². The van der Waals surface area contributed by atoms with Crippen molar-refractivity contribution in [3.05, 3.63) is 149 Å². The molecular formula is C96H162B5Br4ClLiO18PS. The van der Waals surface area contributed by atoms with E-state index in [1.54, 1.807) is 42.5 Å². The van der Waals surface area contributed by atoms with Gasteiger partial charge in [0.15, 0.2) is 0 Å². The minimum atomic E-state index is -0.849. The summed E-state index contributed by atoms with van der Waals surface area (Å²) in [5.41, 5.74) is 3.68. The quantitative estimate of drug-likeness (QED) is 0.0334. The minimum absolute atomic E-state index is 0. The molecule has 5 aromatic rings. The molecule has 18 nitrogen and oxygen atoms in total. The summed E-state index contributed by atoms with van der Waals surface area (Å²) in [6.45, 7) is 44.8. The maximum absolute atomic E-state index is 10.0. The van der Waals surface area contributed by atoms with Crippen LogP contribution in [0.2, 0.25) is 0 Å². The first-order valence-corrected chi connectivity index (χ1v) is 51.6. The third-order valence-corrected chi connectivity index (χ3v) is 30.1. The van der Waals surface area contributed by atoms with Crippen LogP contribution in [0, 0.1) is 51.8 Å². The first-order valence-electron chi connectivity index (χ1n) is 42.7. The van der Waals surface area contributed by atoms with Gasteiger partial charge in [-0.25, -0.2) is 0 Å². The summed E-state index contributed by atoms with van der Waals surface area (Å²) in [7, 11) is 6.76. The molecule has 5 saturated heterocycles. The van der Waals surface area contributed by atoms with Crippen LogP contribution in [0.25, 0.3) is 0 Å². The van der Waals surface area contributed by atoms with Crippen molar-refractivity contribution in [3.63, 3.8) is 0 Å². The van der Waals surface area contributed by atoms with Gasteiger partial charge in [0.1, 0.15) is 32.8 Å². The molecule has 5 heterocycles. The average molecular weight is 2080 g/mol. The van der Waals surface area contributed by atoms with Gasteiger partial charge in [0.05, 0.1) is 116 Å². The molecular weight excluding hydrogens is 1920 g/mol. The van der Waals surface area contributed by atoms with E-state index >= 15 is 0 Å². The monoisotopic (exact) mass is 2080 g/mol. The Morgan fingerprint density at radius 1 is 0.433 bits per heavy atom. The third-order valence-electron chi connectivity index (χ3n) is 29.1. The zero-order valence-electron chi connectivity index (χ0n) is 78.9. The zero-order chi connectivity index (χ0) is 90.2. The summed E-state index contributed by atoms with van der Waals surface area (Å²) in [4.78, 5) is 0. The number of methoxy groups -OCH3 is 5. The van der Waals surface area contributed by atoms with Gasteiger partial charge in [-0.1, -0.05) is 163 Å². The molecule has 9 saturated carbocycles. The Balaban J connectivity index is 0.00000147. The van der Waals surface area contributed by atoms with Crippen LogP contribution in [-0.4, -0.2) is 166 Å². The Morgan fingerprint density at radius 2 is 0.709 bits per heavy atom. The maximum atomic E-state index is 10.0. The van der Waals surface area contributed by atoms with Crippen LogP contribution < -0.4 is 42.5 Å². The van der Waals surface area contributed by atoms with Crippen molar-refractivity contribution in [3.8, 4) is 28.7 Å². The Hall–Kier alpha value is -1.51. The number of thiol groups is 1. The van der Waals surface area contributed by atoms with Crippen molar-refractivity contribution in [2.24, 2.45) is 51.8 Å². The smallest absolute Gasteiger partial charge is 1.00 e. The van der Waals surface area contributed by atoms with Gasteiger partial charge in [-0.3, -0.25) is 0 Å². The molecule has 3 N–H and O–H groups in total. The molecule has 0 unspecified atom stereocenters. The van der Waals surface area contributed by atoms with E-state index in [4.69, 9.17) is 88.3 Å². The number of fused-ring (bicyclic) bond motifs is 2. The van der Waals surface area contributed by atoms with Crippen molar-refractivity contribution in [2.45, 2.75) is 333 Å². The van der Waals surface area contributed by atoms with Crippen LogP contribution in [0.1, 0.15) is 259 Å². The number of hydrogen-bond acceptors (Lipinski definition) is 19. The molecule has 716 valence electrons. The van der Waals surface area contributed by atoms with E-state index in [0.29, 0.717) is 34.5 Å². The van der Waals surface area contributed by atoms with E-state index in [-0.39, 0.29) is 171 Å². The summed E-state index contributed by atoms with van der Waals surface area (Å²) in [6.07, 6.45) is 9.15. The van der Waals surface area contributed by atoms with E-state index in [0.717, 1.165) is 96.2 Å². The van der Waals surface area contributed by atoms with Crippen LogP contribution in [0.15, 0.2) is 121 Å². The third kappa shape index (κ3) is 29.1. The fourth-order valence-electron chi connectivity index (χ4n) is 18.7.